The van der Waals surface area contributed by atoms with Crippen molar-refractivity contribution in [2.24, 2.45) is 11.7 Å². The summed E-state index contributed by atoms with van der Waals surface area (Å²) >= 11 is 0. The third-order valence-corrected chi connectivity index (χ3v) is 2.83. The molecule has 1 unspecified atom stereocenters. The fourth-order valence-electron chi connectivity index (χ4n) is 1.77. The van der Waals surface area contributed by atoms with Gasteiger partial charge in [0, 0.05) is 6.54 Å². The summed E-state index contributed by atoms with van der Waals surface area (Å²) in [6.07, 6.45) is -0.224. The van der Waals surface area contributed by atoms with Crippen molar-refractivity contribution in [3.63, 3.8) is 0 Å². The third kappa shape index (κ3) is 6.54. The number of hydrogen-bond acceptors (Lipinski definition) is 4. The number of hydrogen-bond donors (Lipinski definition) is 4. The quantitative estimate of drug-likeness (QED) is 0.489. The van der Waals surface area contributed by atoms with Crippen LogP contribution in [0.25, 0.3) is 0 Å². The first-order valence-electron chi connectivity index (χ1n) is 6.85. The van der Waals surface area contributed by atoms with Gasteiger partial charge in [-0.15, -0.1) is 0 Å². The minimum atomic E-state index is -1.25. The lowest BCUT2D eigenvalue weighted by atomic mass is 10.0. The molecule has 3 atom stereocenters. The molecule has 0 radical (unpaired) electrons. The van der Waals surface area contributed by atoms with Gasteiger partial charge in [0.05, 0.1) is 12.1 Å². The maximum atomic E-state index is 11.9. The molecule has 0 aromatic carbocycles. The van der Waals surface area contributed by atoms with Crippen LogP contribution in [0.15, 0.2) is 0 Å². The van der Waals surface area contributed by atoms with E-state index in [4.69, 9.17) is 5.73 Å². The van der Waals surface area contributed by atoms with E-state index in [0.717, 1.165) is 0 Å². The molecule has 6 heteroatoms. The van der Waals surface area contributed by atoms with Crippen LogP contribution in [0, 0.1) is 5.92 Å². The first kappa shape index (κ1) is 17.9. The van der Waals surface area contributed by atoms with Gasteiger partial charge in [-0.1, -0.05) is 20.8 Å². The summed E-state index contributed by atoms with van der Waals surface area (Å²) in [7, 11) is 0. The maximum Gasteiger partial charge on any atom is 0.250 e. The molecular weight excluding hydrogens is 246 g/mol. The Morgan fingerprint density at radius 3 is 2.21 bits per heavy atom. The fourth-order valence-corrected chi connectivity index (χ4v) is 1.77. The lowest BCUT2D eigenvalue weighted by Gasteiger charge is -2.24. The SMILES string of the molecule is CCNC(=O)C(O)[C@@H](CC)NC(=O)[C@@H](N)CC(C)C. The zero-order chi connectivity index (χ0) is 15.0. The molecule has 6 nitrogen and oxygen atoms in total. The van der Waals surface area contributed by atoms with Gasteiger partial charge in [-0.2, -0.15) is 0 Å². The molecule has 5 N–H and O–H groups in total. The van der Waals surface area contributed by atoms with Gasteiger partial charge in [0.15, 0.2) is 6.10 Å². The topological polar surface area (TPSA) is 104 Å². The van der Waals surface area contributed by atoms with Crippen molar-refractivity contribution in [3.05, 3.63) is 0 Å². The zero-order valence-corrected chi connectivity index (χ0v) is 12.3. The van der Waals surface area contributed by atoms with E-state index in [1.165, 1.54) is 0 Å². The second-order valence-corrected chi connectivity index (χ2v) is 5.10. The molecule has 0 heterocycles. The average Bonchev–Trinajstić information content (AvgIpc) is 2.34. The van der Waals surface area contributed by atoms with Gasteiger partial charge >= 0.3 is 0 Å². The molecule has 0 aliphatic rings. The number of carbonyl (C=O) groups excluding carboxylic acids is 2. The fraction of sp³-hybridized carbons (Fsp3) is 0.846. The van der Waals surface area contributed by atoms with Crippen LogP contribution in [-0.2, 0) is 9.59 Å². The minimum Gasteiger partial charge on any atom is -0.381 e. The van der Waals surface area contributed by atoms with Crippen molar-refractivity contribution in [2.45, 2.75) is 58.7 Å². The summed E-state index contributed by atoms with van der Waals surface area (Å²) in [5.74, 6) is -0.495. The molecule has 0 rings (SSSR count). The molecule has 112 valence electrons. The number of carbonyl (C=O) groups is 2. The number of nitrogens with two attached hydrogens (primary N) is 1. The van der Waals surface area contributed by atoms with Crippen molar-refractivity contribution in [1.82, 2.24) is 10.6 Å². The van der Waals surface area contributed by atoms with Crippen LogP contribution in [0.2, 0.25) is 0 Å². The van der Waals surface area contributed by atoms with Crippen LogP contribution in [0.4, 0.5) is 0 Å². The smallest absolute Gasteiger partial charge is 0.250 e. The summed E-state index contributed by atoms with van der Waals surface area (Å²) < 4.78 is 0. The number of aliphatic hydroxyl groups excluding tert-OH is 1. The number of likely N-dealkylation sites (N-methyl/N-ethyl adjacent to an activating group) is 1. The van der Waals surface area contributed by atoms with Crippen molar-refractivity contribution < 1.29 is 14.7 Å². The van der Waals surface area contributed by atoms with Crippen LogP contribution >= 0.6 is 0 Å². The lowest BCUT2D eigenvalue weighted by molar-refractivity contribution is -0.132. The summed E-state index contributed by atoms with van der Waals surface area (Å²) in [5.41, 5.74) is 5.76. The van der Waals surface area contributed by atoms with E-state index in [-0.39, 0.29) is 5.91 Å². The molecule has 0 aliphatic heterocycles. The highest BCUT2D eigenvalue weighted by atomic mass is 16.3. The van der Waals surface area contributed by atoms with Gasteiger partial charge in [0.25, 0.3) is 5.91 Å². The predicted molar refractivity (Wildman–Crippen MR) is 74.3 cm³/mol. The molecule has 0 fully saturated rings. The average molecular weight is 273 g/mol. The Balaban J connectivity index is 4.46. The molecule has 19 heavy (non-hydrogen) atoms. The van der Waals surface area contributed by atoms with Crippen LogP contribution in [0.1, 0.15) is 40.5 Å². The minimum absolute atomic E-state index is 0.314. The second kappa shape index (κ2) is 8.87. The van der Waals surface area contributed by atoms with Gasteiger partial charge < -0.3 is 21.5 Å². The van der Waals surface area contributed by atoms with Crippen LogP contribution < -0.4 is 16.4 Å². The molecule has 0 aliphatic carbocycles. The van der Waals surface area contributed by atoms with Crippen molar-refractivity contribution in [3.8, 4) is 0 Å². The molecule has 2 amide bonds. The lowest BCUT2D eigenvalue weighted by Crippen LogP contribution is -2.53. The zero-order valence-electron chi connectivity index (χ0n) is 12.3. The Kier molecular flexibility index (Phi) is 8.34. The van der Waals surface area contributed by atoms with Crippen LogP contribution in [0.5, 0.6) is 0 Å². The second-order valence-electron chi connectivity index (χ2n) is 5.10. The monoisotopic (exact) mass is 273 g/mol. The number of amides is 2. The highest BCUT2D eigenvalue weighted by Crippen LogP contribution is 2.05. The van der Waals surface area contributed by atoms with E-state index in [1.807, 2.05) is 13.8 Å². The Bertz CT molecular complexity index is 295. The summed E-state index contributed by atoms with van der Waals surface area (Å²) in [6, 6.07) is -1.23. The van der Waals surface area contributed by atoms with E-state index in [9.17, 15) is 14.7 Å². The molecule has 0 spiro atoms. The Morgan fingerprint density at radius 2 is 1.79 bits per heavy atom. The number of nitrogens with one attached hydrogen (secondary N) is 2. The molecular formula is C13H27N3O3. The Labute approximate surface area is 115 Å². The molecule has 0 bridgehead atoms. The number of rotatable bonds is 8. The van der Waals surface area contributed by atoms with E-state index in [0.29, 0.717) is 25.3 Å². The van der Waals surface area contributed by atoms with Crippen LogP contribution in [-0.4, -0.2) is 41.7 Å². The normalized spacial score (nSPS) is 15.7. The standard InChI is InChI=1S/C13H27N3O3/c1-5-10(11(17)13(19)15-6-2)16-12(18)9(14)7-8(3)4/h8-11,17H,5-7,14H2,1-4H3,(H,15,19)(H,16,18)/t9-,10+,11?/m0/s1. The van der Waals surface area contributed by atoms with Crippen molar-refractivity contribution >= 4 is 11.8 Å². The van der Waals surface area contributed by atoms with Crippen molar-refractivity contribution in [2.75, 3.05) is 6.54 Å². The Morgan fingerprint density at radius 1 is 1.21 bits per heavy atom. The van der Waals surface area contributed by atoms with E-state index in [1.54, 1.807) is 13.8 Å². The Hall–Kier alpha value is -1.14. The molecule has 0 saturated carbocycles. The van der Waals surface area contributed by atoms with Gasteiger partial charge in [-0.3, -0.25) is 9.59 Å². The molecule has 0 aromatic heterocycles. The predicted octanol–water partition coefficient (Wildman–Crippen LogP) is -0.248. The highest BCUT2D eigenvalue weighted by molar-refractivity contribution is 5.85. The van der Waals surface area contributed by atoms with Gasteiger partial charge in [0.2, 0.25) is 5.91 Å². The van der Waals surface area contributed by atoms with E-state index < -0.39 is 24.1 Å². The summed E-state index contributed by atoms with van der Waals surface area (Å²) in [4.78, 5) is 23.4. The highest BCUT2D eigenvalue weighted by Gasteiger charge is 2.27. The van der Waals surface area contributed by atoms with Gasteiger partial charge in [-0.05, 0) is 25.7 Å². The largest absolute Gasteiger partial charge is 0.381 e. The first-order chi connectivity index (χ1) is 8.83. The van der Waals surface area contributed by atoms with Gasteiger partial charge in [0.1, 0.15) is 0 Å². The maximum absolute atomic E-state index is 11.9. The summed E-state index contributed by atoms with van der Waals surface area (Å²) in [5, 5.41) is 15.0. The van der Waals surface area contributed by atoms with Crippen LogP contribution in [0.3, 0.4) is 0 Å². The third-order valence-electron chi connectivity index (χ3n) is 2.83. The molecule has 0 saturated heterocycles. The first-order valence-corrected chi connectivity index (χ1v) is 6.85. The molecule has 0 aromatic rings. The van der Waals surface area contributed by atoms with Gasteiger partial charge in [-0.25, -0.2) is 0 Å². The van der Waals surface area contributed by atoms with Crippen molar-refractivity contribution in [1.29, 1.82) is 0 Å². The summed E-state index contributed by atoms with van der Waals surface area (Å²) in [6.45, 7) is 7.96. The number of aliphatic hydroxyl groups is 1. The van der Waals surface area contributed by atoms with E-state index >= 15 is 0 Å². The van der Waals surface area contributed by atoms with E-state index in [2.05, 4.69) is 10.6 Å².